The van der Waals surface area contributed by atoms with E-state index >= 15 is 0 Å². The van der Waals surface area contributed by atoms with Gasteiger partial charge in [0.2, 0.25) is 5.91 Å². The average Bonchev–Trinajstić information content (AvgIpc) is 2.46. The van der Waals surface area contributed by atoms with Crippen LogP contribution in [0.4, 0.5) is 0 Å². The number of amides is 1. The Kier molecular flexibility index (Phi) is 5.60. The fraction of sp³-hybridized carbons (Fsp3) is 0.588. The Bertz CT molecular complexity index is 410. The van der Waals surface area contributed by atoms with Crippen LogP contribution < -0.4 is 0 Å². The molecule has 1 fully saturated rings. The van der Waals surface area contributed by atoms with Crippen molar-refractivity contribution in [2.75, 3.05) is 26.7 Å². The molecule has 0 saturated carbocycles. The SMILES string of the molecule is CC1CCN(C(=O)CCN(C)Cc2ccccc2)CC1. The van der Waals surface area contributed by atoms with Crippen LogP contribution in [-0.2, 0) is 11.3 Å². The van der Waals surface area contributed by atoms with Gasteiger partial charge in [-0.3, -0.25) is 4.79 Å². The van der Waals surface area contributed by atoms with Crippen molar-refractivity contribution in [2.45, 2.75) is 32.7 Å². The Morgan fingerprint density at radius 3 is 2.55 bits per heavy atom. The highest BCUT2D eigenvalue weighted by molar-refractivity contribution is 5.76. The summed E-state index contributed by atoms with van der Waals surface area (Å²) < 4.78 is 0. The van der Waals surface area contributed by atoms with Gasteiger partial charge in [0.05, 0.1) is 0 Å². The van der Waals surface area contributed by atoms with Gasteiger partial charge in [0, 0.05) is 32.6 Å². The van der Waals surface area contributed by atoms with Gasteiger partial charge in [-0.2, -0.15) is 0 Å². The monoisotopic (exact) mass is 274 g/mol. The van der Waals surface area contributed by atoms with Gasteiger partial charge in [-0.15, -0.1) is 0 Å². The third-order valence-corrected chi connectivity index (χ3v) is 4.14. The summed E-state index contributed by atoms with van der Waals surface area (Å²) in [6.07, 6.45) is 2.95. The van der Waals surface area contributed by atoms with E-state index in [0.29, 0.717) is 12.3 Å². The second-order valence-electron chi connectivity index (χ2n) is 6.04. The number of rotatable bonds is 5. The molecule has 0 aromatic heterocycles. The van der Waals surface area contributed by atoms with E-state index in [-0.39, 0.29) is 0 Å². The van der Waals surface area contributed by atoms with Crippen molar-refractivity contribution in [2.24, 2.45) is 5.92 Å². The summed E-state index contributed by atoms with van der Waals surface area (Å²) in [5.74, 6) is 1.09. The zero-order chi connectivity index (χ0) is 14.4. The number of piperidine rings is 1. The van der Waals surface area contributed by atoms with Crippen LogP contribution in [0.1, 0.15) is 31.7 Å². The minimum atomic E-state index is 0.316. The Balaban J connectivity index is 1.70. The highest BCUT2D eigenvalue weighted by Crippen LogP contribution is 2.16. The molecule has 0 radical (unpaired) electrons. The lowest BCUT2D eigenvalue weighted by molar-refractivity contribution is -0.132. The van der Waals surface area contributed by atoms with Gasteiger partial charge in [-0.1, -0.05) is 37.3 Å². The molecule has 1 aliphatic heterocycles. The van der Waals surface area contributed by atoms with Crippen molar-refractivity contribution in [3.8, 4) is 0 Å². The number of hydrogen-bond donors (Lipinski definition) is 0. The molecule has 0 bridgehead atoms. The van der Waals surface area contributed by atoms with Crippen LogP contribution in [0.25, 0.3) is 0 Å². The van der Waals surface area contributed by atoms with E-state index in [1.807, 2.05) is 11.0 Å². The second-order valence-corrected chi connectivity index (χ2v) is 6.04. The maximum absolute atomic E-state index is 12.2. The third-order valence-electron chi connectivity index (χ3n) is 4.14. The standard InChI is InChI=1S/C17H26N2O/c1-15-8-12-19(13-9-15)17(20)10-11-18(2)14-16-6-4-3-5-7-16/h3-7,15H,8-14H2,1-2H3. The van der Waals surface area contributed by atoms with Crippen LogP contribution in [0.15, 0.2) is 30.3 Å². The van der Waals surface area contributed by atoms with E-state index < -0.39 is 0 Å². The average molecular weight is 274 g/mol. The molecule has 0 unspecified atom stereocenters. The summed E-state index contributed by atoms with van der Waals surface area (Å²) in [5.41, 5.74) is 1.30. The fourth-order valence-electron chi connectivity index (χ4n) is 2.68. The Labute approximate surface area is 122 Å². The van der Waals surface area contributed by atoms with Crippen molar-refractivity contribution in [1.29, 1.82) is 0 Å². The van der Waals surface area contributed by atoms with Crippen molar-refractivity contribution in [1.82, 2.24) is 9.80 Å². The fourth-order valence-corrected chi connectivity index (χ4v) is 2.68. The lowest BCUT2D eigenvalue weighted by Crippen LogP contribution is -2.39. The molecule has 3 heteroatoms. The van der Waals surface area contributed by atoms with Crippen LogP contribution in [0.2, 0.25) is 0 Å². The molecular weight excluding hydrogens is 248 g/mol. The first-order valence-electron chi connectivity index (χ1n) is 7.65. The molecule has 110 valence electrons. The Morgan fingerprint density at radius 1 is 1.25 bits per heavy atom. The quantitative estimate of drug-likeness (QED) is 0.824. The number of nitrogens with zero attached hydrogens (tertiary/aromatic N) is 2. The maximum Gasteiger partial charge on any atom is 0.223 e. The summed E-state index contributed by atoms with van der Waals surface area (Å²) >= 11 is 0. The minimum absolute atomic E-state index is 0.316. The number of carbonyl (C=O) groups is 1. The number of benzene rings is 1. The van der Waals surface area contributed by atoms with Crippen molar-refractivity contribution in [3.63, 3.8) is 0 Å². The molecule has 20 heavy (non-hydrogen) atoms. The lowest BCUT2D eigenvalue weighted by Gasteiger charge is -2.30. The molecular formula is C17H26N2O. The van der Waals surface area contributed by atoms with Crippen molar-refractivity contribution < 1.29 is 4.79 Å². The first kappa shape index (κ1) is 15.0. The van der Waals surface area contributed by atoms with E-state index in [1.165, 1.54) is 5.56 Å². The van der Waals surface area contributed by atoms with Crippen LogP contribution in [0.5, 0.6) is 0 Å². The molecule has 0 aliphatic carbocycles. The zero-order valence-corrected chi connectivity index (χ0v) is 12.7. The van der Waals surface area contributed by atoms with Gasteiger partial charge >= 0.3 is 0 Å². The zero-order valence-electron chi connectivity index (χ0n) is 12.7. The van der Waals surface area contributed by atoms with Gasteiger partial charge in [-0.25, -0.2) is 0 Å². The number of carbonyl (C=O) groups excluding carboxylic acids is 1. The Morgan fingerprint density at radius 2 is 1.90 bits per heavy atom. The molecule has 1 aliphatic rings. The maximum atomic E-state index is 12.2. The lowest BCUT2D eigenvalue weighted by atomic mass is 9.99. The van der Waals surface area contributed by atoms with Crippen LogP contribution in [-0.4, -0.2) is 42.4 Å². The van der Waals surface area contributed by atoms with E-state index in [2.05, 4.69) is 43.1 Å². The van der Waals surface area contributed by atoms with Crippen LogP contribution in [0, 0.1) is 5.92 Å². The summed E-state index contributed by atoms with van der Waals surface area (Å²) in [7, 11) is 2.08. The molecule has 3 nitrogen and oxygen atoms in total. The molecule has 1 heterocycles. The summed E-state index contributed by atoms with van der Waals surface area (Å²) in [5, 5.41) is 0. The molecule has 2 rings (SSSR count). The normalized spacial score (nSPS) is 16.6. The summed E-state index contributed by atoms with van der Waals surface area (Å²) in [6, 6.07) is 10.4. The number of hydrogen-bond acceptors (Lipinski definition) is 2. The van der Waals surface area contributed by atoms with E-state index in [0.717, 1.165) is 44.9 Å². The molecule has 1 saturated heterocycles. The molecule has 1 amide bonds. The van der Waals surface area contributed by atoms with E-state index in [4.69, 9.17) is 0 Å². The van der Waals surface area contributed by atoms with Gasteiger partial charge in [0.1, 0.15) is 0 Å². The van der Waals surface area contributed by atoms with E-state index in [9.17, 15) is 4.79 Å². The number of likely N-dealkylation sites (tertiary alicyclic amines) is 1. The van der Waals surface area contributed by atoms with Crippen molar-refractivity contribution in [3.05, 3.63) is 35.9 Å². The first-order valence-corrected chi connectivity index (χ1v) is 7.65. The molecule has 0 spiro atoms. The molecule has 1 aromatic rings. The van der Waals surface area contributed by atoms with Gasteiger partial charge in [-0.05, 0) is 31.4 Å². The summed E-state index contributed by atoms with van der Waals surface area (Å²) in [4.78, 5) is 16.4. The van der Waals surface area contributed by atoms with Crippen LogP contribution in [0.3, 0.4) is 0 Å². The summed E-state index contributed by atoms with van der Waals surface area (Å²) in [6.45, 7) is 5.91. The molecule has 0 atom stereocenters. The Hall–Kier alpha value is -1.35. The smallest absolute Gasteiger partial charge is 0.223 e. The minimum Gasteiger partial charge on any atom is -0.343 e. The van der Waals surface area contributed by atoms with Gasteiger partial charge in [0.15, 0.2) is 0 Å². The molecule has 0 N–H and O–H groups in total. The predicted octanol–water partition coefficient (Wildman–Crippen LogP) is 2.77. The highest BCUT2D eigenvalue weighted by Gasteiger charge is 2.20. The van der Waals surface area contributed by atoms with Gasteiger partial charge < -0.3 is 9.80 Å². The largest absolute Gasteiger partial charge is 0.343 e. The van der Waals surface area contributed by atoms with E-state index in [1.54, 1.807) is 0 Å². The molecule has 1 aromatic carbocycles. The van der Waals surface area contributed by atoms with Crippen molar-refractivity contribution >= 4 is 5.91 Å². The van der Waals surface area contributed by atoms with Crippen LogP contribution >= 0.6 is 0 Å². The highest BCUT2D eigenvalue weighted by atomic mass is 16.2. The first-order chi connectivity index (χ1) is 9.65. The third kappa shape index (κ3) is 4.64. The predicted molar refractivity (Wildman–Crippen MR) is 82.4 cm³/mol. The van der Waals surface area contributed by atoms with Gasteiger partial charge in [0.25, 0.3) is 0 Å². The topological polar surface area (TPSA) is 23.6 Å². The second kappa shape index (κ2) is 7.44.